The standard InChI is InChI=1S/C17H18N2O5/c1-19-15(23)11-5-4-10(8-12(11)16(19)24)14(22)18-17(9-13(20)21)6-2-3-7-17/h4-5,8H,2-3,6-7,9H2,1H3,(H,18,22)(H,20,21). The summed E-state index contributed by atoms with van der Waals surface area (Å²) < 4.78 is 0. The van der Waals surface area contributed by atoms with E-state index in [0.717, 1.165) is 17.7 Å². The first-order valence-corrected chi connectivity index (χ1v) is 7.84. The molecule has 1 heterocycles. The highest BCUT2D eigenvalue weighted by molar-refractivity contribution is 6.21. The molecule has 1 aromatic rings. The largest absolute Gasteiger partial charge is 0.481 e. The van der Waals surface area contributed by atoms with Crippen LogP contribution in [-0.4, -0.2) is 46.3 Å². The minimum Gasteiger partial charge on any atom is -0.481 e. The number of carbonyl (C=O) groups excluding carboxylic acids is 3. The smallest absolute Gasteiger partial charge is 0.305 e. The summed E-state index contributed by atoms with van der Waals surface area (Å²) >= 11 is 0. The molecule has 7 heteroatoms. The van der Waals surface area contributed by atoms with E-state index in [0.29, 0.717) is 12.8 Å². The van der Waals surface area contributed by atoms with Gasteiger partial charge in [0.1, 0.15) is 0 Å². The van der Waals surface area contributed by atoms with Crippen molar-refractivity contribution in [3.05, 3.63) is 34.9 Å². The number of aliphatic carboxylic acids is 1. The first-order chi connectivity index (χ1) is 11.3. The highest BCUT2D eigenvalue weighted by Gasteiger charge is 2.38. The second-order valence-corrected chi connectivity index (χ2v) is 6.44. The van der Waals surface area contributed by atoms with Crippen molar-refractivity contribution in [3.8, 4) is 0 Å². The van der Waals surface area contributed by atoms with Crippen molar-refractivity contribution in [2.75, 3.05) is 7.05 Å². The van der Waals surface area contributed by atoms with Crippen molar-refractivity contribution < 1.29 is 24.3 Å². The van der Waals surface area contributed by atoms with Crippen LogP contribution in [0.25, 0.3) is 0 Å². The fourth-order valence-electron chi connectivity index (χ4n) is 3.50. The molecule has 0 atom stereocenters. The van der Waals surface area contributed by atoms with E-state index < -0.39 is 23.3 Å². The Morgan fingerprint density at radius 3 is 2.42 bits per heavy atom. The molecule has 1 aliphatic carbocycles. The molecule has 3 rings (SSSR count). The molecule has 24 heavy (non-hydrogen) atoms. The van der Waals surface area contributed by atoms with Crippen LogP contribution in [0, 0.1) is 0 Å². The van der Waals surface area contributed by atoms with Gasteiger partial charge in [-0.25, -0.2) is 0 Å². The third kappa shape index (κ3) is 2.66. The molecule has 2 aliphatic rings. The van der Waals surface area contributed by atoms with Crippen molar-refractivity contribution in [3.63, 3.8) is 0 Å². The minimum absolute atomic E-state index is 0.121. The van der Waals surface area contributed by atoms with E-state index in [1.807, 2.05) is 0 Å². The van der Waals surface area contributed by atoms with Gasteiger partial charge in [0.2, 0.25) is 0 Å². The molecule has 126 valence electrons. The quantitative estimate of drug-likeness (QED) is 0.813. The number of nitrogens with zero attached hydrogens (tertiary/aromatic N) is 1. The van der Waals surface area contributed by atoms with E-state index >= 15 is 0 Å². The van der Waals surface area contributed by atoms with Crippen molar-refractivity contribution in [2.45, 2.75) is 37.6 Å². The number of fused-ring (bicyclic) bond motifs is 1. The Bertz CT molecular complexity index is 749. The van der Waals surface area contributed by atoms with Crippen LogP contribution in [0.2, 0.25) is 0 Å². The highest BCUT2D eigenvalue weighted by Crippen LogP contribution is 2.33. The van der Waals surface area contributed by atoms with Crippen LogP contribution in [0.4, 0.5) is 0 Å². The van der Waals surface area contributed by atoms with Crippen molar-refractivity contribution in [1.29, 1.82) is 0 Å². The number of hydrogen-bond donors (Lipinski definition) is 2. The molecule has 1 saturated carbocycles. The maximum atomic E-state index is 12.5. The predicted octanol–water partition coefficient (Wildman–Crippen LogP) is 1.43. The van der Waals surface area contributed by atoms with Crippen LogP contribution in [-0.2, 0) is 4.79 Å². The van der Waals surface area contributed by atoms with Gasteiger partial charge >= 0.3 is 5.97 Å². The fraction of sp³-hybridized carbons (Fsp3) is 0.412. The van der Waals surface area contributed by atoms with Gasteiger partial charge in [-0.1, -0.05) is 12.8 Å². The zero-order valence-electron chi connectivity index (χ0n) is 13.3. The van der Waals surface area contributed by atoms with Gasteiger partial charge in [0, 0.05) is 12.6 Å². The third-order valence-corrected chi connectivity index (χ3v) is 4.78. The SMILES string of the molecule is CN1C(=O)c2ccc(C(=O)NC3(CC(=O)O)CCCC3)cc2C1=O. The topological polar surface area (TPSA) is 104 Å². The molecule has 2 N–H and O–H groups in total. The molecule has 1 fully saturated rings. The summed E-state index contributed by atoms with van der Waals surface area (Å²) in [4.78, 5) is 48.6. The van der Waals surface area contributed by atoms with Gasteiger partial charge in [-0.15, -0.1) is 0 Å². The van der Waals surface area contributed by atoms with Crippen LogP contribution >= 0.6 is 0 Å². The van der Waals surface area contributed by atoms with Gasteiger partial charge in [0.05, 0.1) is 23.1 Å². The molecule has 0 radical (unpaired) electrons. The molecule has 1 aliphatic heterocycles. The Hall–Kier alpha value is -2.70. The second-order valence-electron chi connectivity index (χ2n) is 6.44. The predicted molar refractivity (Wildman–Crippen MR) is 83.8 cm³/mol. The van der Waals surface area contributed by atoms with Crippen molar-refractivity contribution in [2.24, 2.45) is 0 Å². The molecular formula is C17H18N2O5. The Morgan fingerprint density at radius 1 is 1.17 bits per heavy atom. The zero-order valence-corrected chi connectivity index (χ0v) is 13.3. The lowest BCUT2D eigenvalue weighted by atomic mass is 9.92. The summed E-state index contributed by atoms with van der Waals surface area (Å²) in [5.41, 5.74) is -0.00525. The summed E-state index contributed by atoms with van der Waals surface area (Å²) in [5.74, 6) is -2.20. The molecular weight excluding hydrogens is 312 g/mol. The van der Waals surface area contributed by atoms with E-state index in [1.165, 1.54) is 25.2 Å². The first kappa shape index (κ1) is 16.2. The summed E-state index contributed by atoms with van der Waals surface area (Å²) in [6.45, 7) is 0. The van der Waals surface area contributed by atoms with E-state index in [9.17, 15) is 19.2 Å². The number of amides is 3. The Kier molecular flexibility index (Phi) is 3.87. The van der Waals surface area contributed by atoms with Crippen LogP contribution in [0.15, 0.2) is 18.2 Å². The average Bonchev–Trinajstić information content (AvgIpc) is 3.06. The third-order valence-electron chi connectivity index (χ3n) is 4.78. The molecule has 3 amide bonds. The van der Waals surface area contributed by atoms with Crippen LogP contribution in [0.3, 0.4) is 0 Å². The van der Waals surface area contributed by atoms with Gasteiger partial charge in [0.15, 0.2) is 0 Å². The number of benzene rings is 1. The number of carboxylic acids is 1. The van der Waals surface area contributed by atoms with Gasteiger partial charge in [-0.3, -0.25) is 24.1 Å². The Labute approximate surface area is 138 Å². The highest BCUT2D eigenvalue weighted by atomic mass is 16.4. The molecule has 0 aromatic heterocycles. The summed E-state index contributed by atoms with van der Waals surface area (Å²) in [6.07, 6.45) is 2.86. The molecule has 0 unspecified atom stereocenters. The van der Waals surface area contributed by atoms with Gasteiger partial charge in [-0.05, 0) is 31.0 Å². The number of nitrogens with one attached hydrogen (secondary N) is 1. The number of imide groups is 1. The number of hydrogen-bond acceptors (Lipinski definition) is 4. The number of carboxylic acid groups (broad SMARTS) is 1. The lowest BCUT2D eigenvalue weighted by molar-refractivity contribution is -0.138. The lowest BCUT2D eigenvalue weighted by Gasteiger charge is -2.28. The maximum absolute atomic E-state index is 12.5. The molecule has 7 nitrogen and oxygen atoms in total. The molecule has 0 saturated heterocycles. The van der Waals surface area contributed by atoms with Gasteiger partial charge < -0.3 is 10.4 Å². The van der Waals surface area contributed by atoms with Crippen molar-refractivity contribution in [1.82, 2.24) is 10.2 Å². The van der Waals surface area contributed by atoms with Gasteiger partial charge in [-0.2, -0.15) is 0 Å². The van der Waals surface area contributed by atoms with Crippen LogP contribution in [0.5, 0.6) is 0 Å². The lowest BCUT2D eigenvalue weighted by Crippen LogP contribution is -2.47. The first-order valence-electron chi connectivity index (χ1n) is 7.84. The van der Waals surface area contributed by atoms with E-state index in [1.54, 1.807) is 0 Å². The number of carbonyl (C=O) groups is 4. The zero-order chi connectivity index (χ0) is 17.5. The minimum atomic E-state index is -0.950. The van der Waals surface area contributed by atoms with Crippen LogP contribution < -0.4 is 5.32 Å². The van der Waals surface area contributed by atoms with Crippen LogP contribution in [0.1, 0.15) is 63.2 Å². The fourth-order valence-corrected chi connectivity index (χ4v) is 3.50. The maximum Gasteiger partial charge on any atom is 0.305 e. The van der Waals surface area contributed by atoms with E-state index in [4.69, 9.17) is 5.11 Å². The van der Waals surface area contributed by atoms with E-state index in [2.05, 4.69) is 5.32 Å². The molecule has 0 spiro atoms. The summed E-state index contributed by atoms with van der Waals surface area (Å²) in [7, 11) is 1.39. The molecule has 0 bridgehead atoms. The van der Waals surface area contributed by atoms with Crippen molar-refractivity contribution >= 4 is 23.7 Å². The number of rotatable bonds is 4. The second kappa shape index (κ2) is 5.74. The normalized spacial score (nSPS) is 18.6. The monoisotopic (exact) mass is 330 g/mol. The Morgan fingerprint density at radius 2 is 1.79 bits per heavy atom. The summed E-state index contributed by atoms with van der Waals surface area (Å²) in [5, 5.41) is 11.9. The average molecular weight is 330 g/mol. The molecule has 1 aromatic carbocycles. The van der Waals surface area contributed by atoms with E-state index in [-0.39, 0.29) is 29.0 Å². The van der Waals surface area contributed by atoms with Gasteiger partial charge in [0.25, 0.3) is 17.7 Å². The summed E-state index contributed by atoms with van der Waals surface area (Å²) in [6, 6.07) is 4.35. The Balaban J connectivity index is 1.85.